The van der Waals surface area contributed by atoms with E-state index in [2.05, 4.69) is 4.74 Å². The van der Waals surface area contributed by atoms with Gasteiger partial charge in [0.1, 0.15) is 0 Å². The molecule has 0 radical (unpaired) electrons. The molecule has 0 aromatic rings. The van der Waals surface area contributed by atoms with Crippen LogP contribution in [0.5, 0.6) is 0 Å². The van der Waals surface area contributed by atoms with Crippen LogP contribution < -0.4 is 0 Å². The zero-order chi connectivity index (χ0) is 8.36. The number of ether oxygens (including phenoxy) is 1. The Morgan fingerprint density at radius 1 is 1.40 bits per heavy atom. The molecule has 0 bridgehead atoms. The van der Waals surface area contributed by atoms with E-state index in [9.17, 15) is 18.4 Å². The molecule has 58 valence electrons. The van der Waals surface area contributed by atoms with Crippen molar-refractivity contribution in [1.82, 2.24) is 0 Å². The standard InChI is InChI=1S/C5H6F2O3/c1-5(6,7)3(8)4(9)10-2/h1-2H3. The van der Waals surface area contributed by atoms with Crippen molar-refractivity contribution < 1.29 is 23.1 Å². The Hall–Kier alpha value is -1.00. The largest absolute Gasteiger partial charge is 0.463 e. The van der Waals surface area contributed by atoms with Gasteiger partial charge in [-0.15, -0.1) is 0 Å². The number of carbonyl (C=O) groups excluding carboxylic acids is 2. The van der Waals surface area contributed by atoms with Crippen molar-refractivity contribution in [2.24, 2.45) is 0 Å². The molecule has 0 heterocycles. The van der Waals surface area contributed by atoms with Gasteiger partial charge in [-0.1, -0.05) is 0 Å². The number of esters is 1. The first kappa shape index (κ1) is 9.00. The highest BCUT2D eigenvalue weighted by Crippen LogP contribution is 2.12. The van der Waals surface area contributed by atoms with Gasteiger partial charge in [0.05, 0.1) is 7.11 Å². The minimum atomic E-state index is -3.63. The number of carbonyl (C=O) groups is 2. The van der Waals surface area contributed by atoms with Crippen molar-refractivity contribution in [3.63, 3.8) is 0 Å². The molecule has 10 heavy (non-hydrogen) atoms. The van der Waals surface area contributed by atoms with Gasteiger partial charge in [0, 0.05) is 6.92 Å². The minimum absolute atomic E-state index is 0.340. The second kappa shape index (κ2) is 2.72. The highest BCUT2D eigenvalue weighted by Gasteiger charge is 2.38. The monoisotopic (exact) mass is 152 g/mol. The SMILES string of the molecule is COC(=O)C(=O)C(C)(F)F. The number of Topliss-reactive ketones (excluding diaryl/α,β-unsaturated/α-hetero) is 1. The fourth-order valence-corrected chi connectivity index (χ4v) is 0.272. The van der Waals surface area contributed by atoms with Crippen LogP contribution in [0, 0.1) is 0 Å². The van der Waals surface area contributed by atoms with Gasteiger partial charge in [0.25, 0.3) is 0 Å². The van der Waals surface area contributed by atoms with Gasteiger partial charge in [0.2, 0.25) is 0 Å². The molecule has 0 unspecified atom stereocenters. The topological polar surface area (TPSA) is 43.4 Å². The van der Waals surface area contributed by atoms with Gasteiger partial charge in [-0.25, -0.2) is 4.79 Å². The van der Waals surface area contributed by atoms with Crippen LogP contribution in [0.4, 0.5) is 8.78 Å². The lowest BCUT2D eigenvalue weighted by atomic mass is 10.2. The van der Waals surface area contributed by atoms with Crippen molar-refractivity contribution in [3.05, 3.63) is 0 Å². The molecule has 0 aliphatic heterocycles. The Bertz CT molecular complexity index is 159. The molecular formula is C5H6F2O3. The Labute approximate surface area is 56.0 Å². The molecule has 0 atom stereocenters. The van der Waals surface area contributed by atoms with Crippen molar-refractivity contribution in [2.75, 3.05) is 7.11 Å². The fraction of sp³-hybridized carbons (Fsp3) is 0.600. The van der Waals surface area contributed by atoms with Crippen molar-refractivity contribution in [3.8, 4) is 0 Å². The summed E-state index contributed by atoms with van der Waals surface area (Å²) in [4.78, 5) is 20.3. The third-order valence-electron chi connectivity index (χ3n) is 0.769. The first-order chi connectivity index (χ1) is 4.39. The predicted octanol–water partition coefficient (Wildman–Crippen LogP) is 0.384. The maximum absolute atomic E-state index is 11.9. The van der Waals surface area contributed by atoms with Crippen molar-refractivity contribution in [1.29, 1.82) is 0 Å². The second-order valence-corrected chi connectivity index (χ2v) is 1.71. The Morgan fingerprint density at radius 2 is 1.80 bits per heavy atom. The molecule has 0 aromatic heterocycles. The quantitative estimate of drug-likeness (QED) is 0.424. The summed E-state index contributed by atoms with van der Waals surface area (Å²) in [6.45, 7) is 0.340. The summed E-state index contributed by atoms with van der Waals surface area (Å²) >= 11 is 0. The van der Waals surface area contributed by atoms with Crippen LogP contribution in [0.2, 0.25) is 0 Å². The van der Waals surface area contributed by atoms with E-state index in [4.69, 9.17) is 0 Å². The molecule has 0 spiro atoms. The molecule has 0 saturated heterocycles. The van der Waals surface area contributed by atoms with E-state index in [0.29, 0.717) is 6.92 Å². The summed E-state index contributed by atoms with van der Waals surface area (Å²) in [5, 5.41) is 0. The number of methoxy groups -OCH3 is 1. The van der Waals surface area contributed by atoms with Crippen molar-refractivity contribution in [2.45, 2.75) is 12.8 Å². The van der Waals surface area contributed by atoms with E-state index in [1.54, 1.807) is 0 Å². The number of hydrogen-bond donors (Lipinski definition) is 0. The molecule has 5 heteroatoms. The van der Waals surface area contributed by atoms with Gasteiger partial charge in [-0.3, -0.25) is 4.79 Å². The Balaban J connectivity index is 4.24. The van der Waals surface area contributed by atoms with Crippen LogP contribution in [-0.4, -0.2) is 24.8 Å². The number of halogens is 2. The van der Waals surface area contributed by atoms with E-state index in [1.165, 1.54) is 0 Å². The van der Waals surface area contributed by atoms with E-state index in [1.807, 2.05) is 0 Å². The lowest BCUT2D eigenvalue weighted by Gasteiger charge is -2.04. The molecule has 0 aliphatic carbocycles. The summed E-state index contributed by atoms with van der Waals surface area (Å²) in [5.41, 5.74) is 0. The van der Waals surface area contributed by atoms with Crippen LogP contribution in [0.1, 0.15) is 6.92 Å². The van der Waals surface area contributed by atoms with E-state index >= 15 is 0 Å². The predicted molar refractivity (Wildman–Crippen MR) is 27.6 cm³/mol. The minimum Gasteiger partial charge on any atom is -0.463 e. The summed E-state index contributed by atoms with van der Waals surface area (Å²) in [7, 11) is 0.867. The average Bonchev–Trinajstić information content (AvgIpc) is 1.83. The molecule has 0 N–H and O–H groups in total. The summed E-state index contributed by atoms with van der Waals surface area (Å²) < 4.78 is 27.6. The third-order valence-corrected chi connectivity index (χ3v) is 0.769. The normalized spacial score (nSPS) is 10.8. The zero-order valence-electron chi connectivity index (χ0n) is 5.48. The second-order valence-electron chi connectivity index (χ2n) is 1.71. The van der Waals surface area contributed by atoms with E-state index in [0.717, 1.165) is 7.11 Å². The van der Waals surface area contributed by atoms with Crippen LogP contribution in [0.3, 0.4) is 0 Å². The third kappa shape index (κ3) is 2.08. The van der Waals surface area contributed by atoms with Crippen LogP contribution in [-0.2, 0) is 14.3 Å². The lowest BCUT2D eigenvalue weighted by molar-refractivity contribution is -0.162. The Kier molecular flexibility index (Phi) is 2.45. The van der Waals surface area contributed by atoms with E-state index in [-0.39, 0.29) is 0 Å². The van der Waals surface area contributed by atoms with Crippen molar-refractivity contribution >= 4 is 11.8 Å². The van der Waals surface area contributed by atoms with Gasteiger partial charge < -0.3 is 4.74 Å². The van der Waals surface area contributed by atoms with Crippen LogP contribution in [0.15, 0.2) is 0 Å². The number of rotatable bonds is 2. The highest BCUT2D eigenvalue weighted by molar-refractivity contribution is 6.36. The number of alkyl halides is 2. The summed E-state index contributed by atoms with van der Waals surface area (Å²) in [6.07, 6.45) is 0. The highest BCUT2D eigenvalue weighted by atomic mass is 19.3. The first-order valence-electron chi connectivity index (χ1n) is 2.40. The molecule has 3 nitrogen and oxygen atoms in total. The first-order valence-corrected chi connectivity index (χ1v) is 2.40. The molecule has 0 rings (SSSR count). The van der Waals surface area contributed by atoms with Gasteiger partial charge in [-0.05, 0) is 0 Å². The van der Waals surface area contributed by atoms with E-state index < -0.39 is 17.7 Å². The fourth-order valence-electron chi connectivity index (χ4n) is 0.272. The van der Waals surface area contributed by atoms with Gasteiger partial charge >= 0.3 is 17.7 Å². The maximum Gasteiger partial charge on any atom is 0.380 e. The summed E-state index contributed by atoms with van der Waals surface area (Å²) in [5.74, 6) is -6.98. The van der Waals surface area contributed by atoms with Gasteiger partial charge in [-0.2, -0.15) is 8.78 Å². The number of ketones is 1. The lowest BCUT2D eigenvalue weighted by Crippen LogP contribution is -2.32. The molecule has 0 aliphatic rings. The molecule has 0 saturated carbocycles. The molecule has 0 aromatic carbocycles. The maximum atomic E-state index is 11.9. The number of hydrogen-bond acceptors (Lipinski definition) is 3. The van der Waals surface area contributed by atoms with Gasteiger partial charge in [0.15, 0.2) is 0 Å². The zero-order valence-corrected chi connectivity index (χ0v) is 5.48. The summed E-state index contributed by atoms with van der Waals surface area (Å²) in [6, 6.07) is 0. The molecule has 0 amide bonds. The Morgan fingerprint density at radius 3 is 1.90 bits per heavy atom. The molecule has 0 fully saturated rings. The van der Waals surface area contributed by atoms with Crippen LogP contribution >= 0.6 is 0 Å². The van der Waals surface area contributed by atoms with Crippen LogP contribution in [0.25, 0.3) is 0 Å². The molecular weight excluding hydrogens is 146 g/mol. The smallest absolute Gasteiger partial charge is 0.380 e. The average molecular weight is 152 g/mol.